The Balaban J connectivity index is 3.29. The van der Waals surface area contributed by atoms with Gasteiger partial charge in [-0.05, 0) is 26.2 Å². The van der Waals surface area contributed by atoms with Gasteiger partial charge in [-0.3, -0.25) is 0 Å². The molecule has 0 radical (unpaired) electrons. The monoisotopic (exact) mass is 160 g/mol. The van der Waals surface area contributed by atoms with E-state index < -0.39 is 0 Å². The second-order valence-corrected chi connectivity index (χ2v) is 3.62. The van der Waals surface area contributed by atoms with Crippen molar-refractivity contribution in [3.05, 3.63) is 0 Å². The van der Waals surface area contributed by atoms with Crippen molar-refractivity contribution in [1.29, 1.82) is 0 Å². The molecule has 0 heterocycles. The van der Waals surface area contributed by atoms with E-state index in [1.807, 2.05) is 6.92 Å². The molecule has 11 heavy (non-hydrogen) atoms. The topological polar surface area (TPSA) is 29.5 Å². The van der Waals surface area contributed by atoms with Gasteiger partial charge in [0.15, 0.2) is 0 Å². The van der Waals surface area contributed by atoms with Crippen molar-refractivity contribution in [2.45, 2.75) is 46.3 Å². The van der Waals surface area contributed by atoms with Crippen molar-refractivity contribution in [3.63, 3.8) is 0 Å². The Labute approximate surface area is 69.6 Å². The molecule has 0 spiro atoms. The molecule has 0 aliphatic carbocycles. The lowest BCUT2D eigenvalue weighted by Gasteiger charge is -2.15. The van der Waals surface area contributed by atoms with Crippen LogP contribution in [0.1, 0.15) is 34.1 Å². The van der Waals surface area contributed by atoms with Crippen molar-refractivity contribution >= 4 is 0 Å². The second-order valence-electron chi connectivity index (χ2n) is 3.62. The lowest BCUT2D eigenvalue weighted by molar-refractivity contribution is -0.00257. The van der Waals surface area contributed by atoms with E-state index in [0.717, 1.165) is 6.42 Å². The van der Waals surface area contributed by atoms with Gasteiger partial charge < -0.3 is 9.84 Å². The summed E-state index contributed by atoms with van der Waals surface area (Å²) in [6.07, 6.45) is 0.987. The summed E-state index contributed by atoms with van der Waals surface area (Å²) in [6, 6.07) is 0. The molecule has 0 rings (SSSR count). The van der Waals surface area contributed by atoms with E-state index in [1.165, 1.54) is 0 Å². The molecule has 1 unspecified atom stereocenters. The molecule has 1 N–H and O–H groups in total. The minimum atomic E-state index is -0.343. The molecule has 0 saturated heterocycles. The molecule has 2 heteroatoms. The van der Waals surface area contributed by atoms with Crippen LogP contribution in [-0.2, 0) is 4.74 Å². The van der Waals surface area contributed by atoms with Crippen LogP contribution in [0.2, 0.25) is 0 Å². The van der Waals surface area contributed by atoms with Gasteiger partial charge in [0.2, 0.25) is 0 Å². The molecule has 0 aliphatic heterocycles. The van der Waals surface area contributed by atoms with Gasteiger partial charge in [0.25, 0.3) is 0 Å². The summed E-state index contributed by atoms with van der Waals surface area (Å²) in [6.45, 7) is 8.57. The fourth-order valence-electron chi connectivity index (χ4n) is 1.04. The lowest BCUT2D eigenvalue weighted by atomic mass is 10.1. The molecule has 0 fully saturated rings. The lowest BCUT2D eigenvalue weighted by Crippen LogP contribution is -2.18. The van der Waals surface area contributed by atoms with E-state index in [9.17, 15) is 0 Å². The predicted molar refractivity (Wildman–Crippen MR) is 46.5 cm³/mol. The third-order valence-electron chi connectivity index (χ3n) is 1.43. The summed E-state index contributed by atoms with van der Waals surface area (Å²) in [5.41, 5.74) is 0. The highest BCUT2D eigenvalue weighted by molar-refractivity contribution is 4.54. The van der Waals surface area contributed by atoms with Gasteiger partial charge >= 0.3 is 0 Å². The number of ether oxygens (including phenoxy) is 1. The van der Waals surface area contributed by atoms with Crippen molar-refractivity contribution in [2.75, 3.05) is 6.61 Å². The minimum Gasteiger partial charge on any atom is -0.391 e. The summed E-state index contributed by atoms with van der Waals surface area (Å²) < 4.78 is 5.36. The van der Waals surface area contributed by atoms with Crippen LogP contribution in [0.5, 0.6) is 0 Å². The first-order chi connectivity index (χ1) is 5.02. The van der Waals surface area contributed by atoms with Crippen LogP contribution >= 0.6 is 0 Å². The van der Waals surface area contributed by atoms with Gasteiger partial charge in [-0.2, -0.15) is 0 Å². The van der Waals surface area contributed by atoms with Gasteiger partial charge in [-0.15, -0.1) is 0 Å². The fourth-order valence-corrected chi connectivity index (χ4v) is 1.04. The Bertz CT molecular complexity index is 89.6. The number of rotatable bonds is 5. The Morgan fingerprint density at radius 2 is 1.73 bits per heavy atom. The number of hydrogen-bond donors (Lipinski definition) is 1. The van der Waals surface area contributed by atoms with E-state index in [0.29, 0.717) is 12.5 Å². The van der Waals surface area contributed by atoms with E-state index in [1.54, 1.807) is 6.92 Å². The van der Waals surface area contributed by atoms with Crippen LogP contribution < -0.4 is 0 Å². The highest BCUT2D eigenvalue weighted by Gasteiger charge is 2.05. The number of hydrogen-bond acceptors (Lipinski definition) is 2. The van der Waals surface area contributed by atoms with Crippen LogP contribution in [0, 0.1) is 5.92 Å². The van der Waals surface area contributed by atoms with E-state index in [4.69, 9.17) is 9.84 Å². The summed E-state index contributed by atoms with van der Waals surface area (Å²) in [4.78, 5) is 0. The first-order valence-corrected chi connectivity index (χ1v) is 4.32. The van der Waals surface area contributed by atoms with Gasteiger partial charge in [0, 0.05) is 0 Å². The van der Waals surface area contributed by atoms with E-state index >= 15 is 0 Å². The van der Waals surface area contributed by atoms with Crippen LogP contribution in [0.25, 0.3) is 0 Å². The molecule has 0 aromatic heterocycles. The van der Waals surface area contributed by atoms with E-state index in [-0.39, 0.29) is 12.2 Å². The molecule has 68 valence electrons. The van der Waals surface area contributed by atoms with Crippen LogP contribution in [0.3, 0.4) is 0 Å². The zero-order valence-corrected chi connectivity index (χ0v) is 8.00. The maximum Gasteiger partial charge on any atom is 0.0745 e. The third-order valence-corrected chi connectivity index (χ3v) is 1.43. The Kier molecular flexibility index (Phi) is 5.51. The highest BCUT2D eigenvalue weighted by atomic mass is 16.5. The van der Waals surface area contributed by atoms with Gasteiger partial charge in [-0.25, -0.2) is 0 Å². The quantitative estimate of drug-likeness (QED) is 0.664. The molecule has 0 aromatic rings. The van der Waals surface area contributed by atoms with Crippen molar-refractivity contribution in [2.24, 2.45) is 5.92 Å². The molecule has 0 saturated carbocycles. The maximum absolute atomic E-state index is 8.91. The average Bonchev–Trinajstić information content (AvgIpc) is 1.82. The first kappa shape index (κ1) is 10.9. The molecular weight excluding hydrogens is 140 g/mol. The Morgan fingerprint density at radius 3 is 2.09 bits per heavy atom. The van der Waals surface area contributed by atoms with Crippen molar-refractivity contribution < 1.29 is 9.84 Å². The molecule has 2 nitrogen and oxygen atoms in total. The Morgan fingerprint density at radius 1 is 1.18 bits per heavy atom. The van der Waals surface area contributed by atoms with Crippen LogP contribution in [-0.4, -0.2) is 23.9 Å². The molecule has 0 bridgehead atoms. The molecule has 0 aliphatic rings. The predicted octanol–water partition coefficient (Wildman–Crippen LogP) is 1.82. The third kappa shape index (κ3) is 7.82. The first-order valence-electron chi connectivity index (χ1n) is 4.32. The van der Waals surface area contributed by atoms with Gasteiger partial charge in [-0.1, -0.05) is 13.8 Å². The average molecular weight is 160 g/mol. The standard InChI is InChI=1S/C9H20O2/c1-7(2)5-9(4)11-6-8(3)10/h7-10H,5-6H2,1-4H3/t8-,9?/m1/s1. The minimum absolute atomic E-state index is 0.268. The maximum atomic E-state index is 8.91. The SMILES string of the molecule is CC(C)CC(C)OC[C@@H](C)O. The zero-order valence-electron chi connectivity index (χ0n) is 8.00. The normalized spacial score (nSPS) is 16.9. The largest absolute Gasteiger partial charge is 0.391 e. The van der Waals surface area contributed by atoms with Crippen molar-refractivity contribution in [3.8, 4) is 0 Å². The van der Waals surface area contributed by atoms with Crippen molar-refractivity contribution in [1.82, 2.24) is 0 Å². The molecule has 0 aromatic carbocycles. The summed E-state index contributed by atoms with van der Waals surface area (Å²) in [5.74, 6) is 0.666. The van der Waals surface area contributed by atoms with Crippen LogP contribution in [0.4, 0.5) is 0 Å². The second kappa shape index (κ2) is 5.56. The van der Waals surface area contributed by atoms with E-state index in [2.05, 4.69) is 13.8 Å². The number of aliphatic hydroxyl groups is 1. The molecule has 2 atom stereocenters. The Hall–Kier alpha value is -0.0800. The highest BCUT2D eigenvalue weighted by Crippen LogP contribution is 2.07. The zero-order chi connectivity index (χ0) is 8.85. The number of aliphatic hydroxyl groups excluding tert-OH is 1. The summed E-state index contributed by atoms with van der Waals surface area (Å²) >= 11 is 0. The summed E-state index contributed by atoms with van der Waals surface area (Å²) in [5, 5.41) is 8.91. The smallest absolute Gasteiger partial charge is 0.0745 e. The van der Waals surface area contributed by atoms with Crippen LogP contribution in [0.15, 0.2) is 0 Å². The fraction of sp³-hybridized carbons (Fsp3) is 1.00. The molecule has 0 amide bonds. The molecular formula is C9H20O2. The summed E-state index contributed by atoms with van der Waals surface area (Å²) in [7, 11) is 0. The van der Waals surface area contributed by atoms with Gasteiger partial charge in [0.1, 0.15) is 0 Å². The van der Waals surface area contributed by atoms with Gasteiger partial charge in [0.05, 0.1) is 18.8 Å².